The van der Waals surface area contributed by atoms with Crippen LogP contribution in [0.2, 0.25) is 0 Å². The molecule has 0 aliphatic heterocycles. The van der Waals surface area contributed by atoms with Crippen molar-refractivity contribution in [1.82, 2.24) is 0 Å². The molecule has 0 fully saturated rings. The van der Waals surface area contributed by atoms with Gasteiger partial charge >= 0.3 is 0 Å². The van der Waals surface area contributed by atoms with Gasteiger partial charge in [0.25, 0.3) is 0 Å². The van der Waals surface area contributed by atoms with E-state index in [0.717, 1.165) is 11.1 Å². The zero-order valence-electron chi connectivity index (χ0n) is 13.0. The summed E-state index contributed by atoms with van der Waals surface area (Å²) in [5, 5.41) is 9.61. The first-order valence-electron chi connectivity index (χ1n) is 7.06. The number of ether oxygens (including phenoxy) is 2. The predicted octanol–water partition coefficient (Wildman–Crippen LogP) is 3.94. The first-order chi connectivity index (χ1) is 10.0. The number of hydrogen-bond acceptors (Lipinski definition) is 3. The van der Waals surface area contributed by atoms with Gasteiger partial charge in [0, 0.05) is 0 Å². The van der Waals surface area contributed by atoms with Crippen molar-refractivity contribution in [2.45, 2.75) is 33.5 Å². The number of benzene rings is 2. The molecule has 112 valence electrons. The molecule has 2 aromatic rings. The summed E-state index contributed by atoms with van der Waals surface area (Å²) in [5.74, 6) is 1.32. The maximum Gasteiger partial charge on any atom is 0.161 e. The van der Waals surface area contributed by atoms with E-state index in [-0.39, 0.29) is 0 Å². The molecule has 21 heavy (non-hydrogen) atoms. The Labute approximate surface area is 126 Å². The van der Waals surface area contributed by atoms with Crippen LogP contribution in [0, 0.1) is 13.8 Å². The fourth-order valence-corrected chi connectivity index (χ4v) is 2.17. The highest BCUT2D eigenvalue weighted by Crippen LogP contribution is 2.31. The zero-order valence-corrected chi connectivity index (χ0v) is 13.0. The van der Waals surface area contributed by atoms with Crippen molar-refractivity contribution in [2.24, 2.45) is 0 Å². The van der Waals surface area contributed by atoms with Crippen LogP contribution in [0.4, 0.5) is 0 Å². The lowest BCUT2D eigenvalue weighted by atomic mass is 10.1. The van der Waals surface area contributed by atoms with Crippen molar-refractivity contribution in [3.8, 4) is 11.5 Å². The molecule has 0 aliphatic carbocycles. The van der Waals surface area contributed by atoms with E-state index in [1.165, 1.54) is 11.1 Å². The maximum absolute atomic E-state index is 9.61. The Hall–Kier alpha value is -2.00. The van der Waals surface area contributed by atoms with E-state index in [1.54, 1.807) is 14.0 Å². The number of methoxy groups -OCH3 is 1. The third-order valence-electron chi connectivity index (χ3n) is 3.56. The van der Waals surface area contributed by atoms with Gasteiger partial charge in [-0.25, -0.2) is 0 Å². The monoisotopic (exact) mass is 286 g/mol. The summed E-state index contributed by atoms with van der Waals surface area (Å²) in [6, 6.07) is 11.8. The van der Waals surface area contributed by atoms with Crippen molar-refractivity contribution in [3.63, 3.8) is 0 Å². The van der Waals surface area contributed by atoms with E-state index in [2.05, 4.69) is 32.0 Å². The van der Waals surface area contributed by atoms with Gasteiger partial charge in [-0.15, -0.1) is 0 Å². The molecule has 0 unspecified atom stereocenters. The van der Waals surface area contributed by atoms with Crippen LogP contribution < -0.4 is 9.47 Å². The molecular weight excluding hydrogens is 264 g/mol. The lowest BCUT2D eigenvalue weighted by Crippen LogP contribution is -2.01. The van der Waals surface area contributed by atoms with Crippen molar-refractivity contribution >= 4 is 0 Å². The topological polar surface area (TPSA) is 38.7 Å². The van der Waals surface area contributed by atoms with E-state index in [1.807, 2.05) is 18.2 Å². The molecule has 0 aliphatic rings. The minimum Gasteiger partial charge on any atom is -0.493 e. The second-order valence-corrected chi connectivity index (χ2v) is 5.30. The molecule has 1 N–H and O–H groups in total. The Bertz CT molecular complexity index is 618. The predicted molar refractivity (Wildman–Crippen MR) is 83.9 cm³/mol. The lowest BCUT2D eigenvalue weighted by molar-refractivity contribution is 0.198. The van der Waals surface area contributed by atoms with Gasteiger partial charge in [-0.1, -0.05) is 29.8 Å². The summed E-state index contributed by atoms with van der Waals surface area (Å²) in [6.07, 6.45) is -0.521. The molecule has 2 rings (SSSR count). The fourth-order valence-electron chi connectivity index (χ4n) is 2.17. The zero-order chi connectivity index (χ0) is 15.4. The summed E-state index contributed by atoms with van der Waals surface area (Å²) >= 11 is 0. The van der Waals surface area contributed by atoms with Gasteiger partial charge in [0.05, 0.1) is 13.2 Å². The summed E-state index contributed by atoms with van der Waals surface area (Å²) in [7, 11) is 1.60. The summed E-state index contributed by atoms with van der Waals surface area (Å²) in [6.45, 7) is 6.37. The Morgan fingerprint density at radius 3 is 2.48 bits per heavy atom. The quantitative estimate of drug-likeness (QED) is 0.904. The molecule has 1 atom stereocenters. The van der Waals surface area contributed by atoms with Crippen LogP contribution in [0.3, 0.4) is 0 Å². The van der Waals surface area contributed by atoms with Crippen molar-refractivity contribution in [3.05, 3.63) is 58.7 Å². The van der Waals surface area contributed by atoms with Crippen LogP contribution in [0.25, 0.3) is 0 Å². The van der Waals surface area contributed by atoms with Gasteiger partial charge in [-0.3, -0.25) is 0 Å². The molecule has 3 heteroatoms. The second-order valence-electron chi connectivity index (χ2n) is 5.30. The van der Waals surface area contributed by atoms with E-state index >= 15 is 0 Å². The largest absolute Gasteiger partial charge is 0.493 e. The Kier molecular flexibility index (Phi) is 4.86. The Balaban J connectivity index is 2.18. The minimum atomic E-state index is -0.521. The SMILES string of the molecule is COc1cc([C@H](C)O)ccc1OCc1cc(C)ccc1C. The van der Waals surface area contributed by atoms with Gasteiger partial charge in [0.1, 0.15) is 6.61 Å². The number of aliphatic hydroxyl groups is 1. The molecule has 3 nitrogen and oxygen atoms in total. The molecule has 0 aromatic heterocycles. The van der Waals surface area contributed by atoms with Gasteiger partial charge in [-0.05, 0) is 49.6 Å². The summed E-state index contributed by atoms with van der Waals surface area (Å²) in [4.78, 5) is 0. The number of rotatable bonds is 5. The maximum atomic E-state index is 9.61. The van der Waals surface area contributed by atoms with Crippen LogP contribution in [-0.2, 0) is 6.61 Å². The van der Waals surface area contributed by atoms with Crippen molar-refractivity contribution in [1.29, 1.82) is 0 Å². The van der Waals surface area contributed by atoms with Gasteiger partial charge in [0.15, 0.2) is 11.5 Å². The van der Waals surface area contributed by atoms with Crippen LogP contribution in [0.5, 0.6) is 11.5 Å². The molecule has 0 radical (unpaired) electrons. The minimum absolute atomic E-state index is 0.498. The Morgan fingerprint density at radius 1 is 1.05 bits per heavy atom. The van der Waals surface area contributed by atoms with E-state index in [4.69, 9.17) is 9.47 Å². The molecule has 0 saturated heterocycles. The molecule has 0 amide bonds. The van der Waals surface area contributed by atoms with Crippen molar-refractivity contribution in [2.75, 3.05) is 7.11 Å². The summed E-state index contributed by atoms with van der Waals surface area (Å²) < 4.78 is 11.2. The van der Waals surface area contributed by atoms with Crippen LogP contribution in [0.15, 0.2) is 36.4 Å². The van der Waals surface area contributed by atoms with Crippen LogP contribution in [0.1, 0.15) is 35.3 Å². The third-order valence-corrected chi connectivity index (χ3v) is 3.56. The molecule has 0 saturated carbocycles. The highest BCUT2D eigenvalue weighted by Gasteiger charge is 2.09. The molecule has 0 heterocycles. The molecular formula is C18H22O3. The van der Waals surface area contributed by atoms with Crippen molar-refractivity contribution < 1.29 is 14.6 Å². The van der Waals surface area contributed by atoms with E-state index in [9.17, 15) is 5.11 Å². The van der Waals surface area contributed by atoms with Gasteiger partial charge < -0.3 is 14.6 Å². The lowest BCUT2D eigenvalue weighted by Gasteiger charge is -2.14. The highest BCUT2D eigenvalue weighted by molar-refractivity contribution is 5.43. The standard InChI is InChI=1S/C18H22O3/c1-12-5-6-13(2)16(9-12)11-21-17-8-7-15(14(3)19)10-18(17)20-4/h5-10,14,19H,11H2,1-4H3/t14-/m0/s1. The normalized spacial score (nSPS) is 12.0. The number of aryl methyl sites for hydroxylation is 2. The number of hydrogen-bond donors (Lipinski definition) is 1. The fraction of sp³-hybridized carbons (Fsp3) is 0.333. The van der Waals surface area contributed by atoms with Crippen LogP contribution >= 0.6 is 0 Å². The second kappa shape index (κ2) is 6.64. The molecule has 2 aromatic carbocycles. The third kappa shape index (κ3) is 3.76. The average Bonchev–Trinajstić information content (AvgIpc) is 2.47. The average molecular weight is 286 g/mol. The highest BCUT2D eigenvalue weighted by atomic mass is 16.5. The smallest absolute Gasteiger partial charge is 0.161 e. The summed E-state index contributed by atoms with van der Waals surface area (Å²) in [5.41, 5.74) is 4.40. The van der Waals surface area contributed by atoms with E-state index < -0.39 is 6.10 Å². The number of aliphatic hydroxyl groups excluding tert-OH is 1. The van der Waals surface area contributed by atoms with Crippen LogP contribution in [-0.4, -0.2) is 12.2 Å². The first kappa shape index (κ1) is 15.4. The molecule has 0 bridgehead atoms. The van der Waals surface area contributed by atoms with E-state index in [0.29, 0.717) is 18.1 Å². The first-order valence-corrected chi connectivity index (χ1v) is 7.06. The molecule has 0 spiro atoms. The Morgan fingerprint density at radius 2 is 1.81 bits per heavy atom. The van der Waals surface area contributed by atoms with Gasteiger partial charge in [0.2, 0.25) is 0 Å². The van der Waals surface area contributed by atoms with Gasteiger partial charge in [-0.2, -0.15) is 0 Å².